The molecule has 0 radical (unpaired) electrons. The minimum Gasteiger partial charge on any atom is -0.384 e. The summed E-state index contributed by atoms with van der Waals surface area (Å²) in [6, 6.07) is 5.85. The van der Waals surface area contributed by atoms with Crippen molar-refractivity contribution in [2.24, 2.45) is 5.14 Å². The predicted octanol–water partition coefficient (Wildman–Crippen LogP) is 1.71. The average molecular weight is 307 g/mol. The van der Waals surface area contributed by atoms with Gasteiger partial charge in [-0.05, 0) is 30.2 Å². The average Bonchev–Trinajstić information content (AvgIpc) is 2.18. The fourth-order valence-electron chi connectivity index (χ4n) is 1.36. The van der Waals surface area contributed by atoms with Gasteiger partial charge >= 0.3 is 0 Å². The number of anilines is 1. The lowest BCUT2D eigenvalue weighted by Gasteiger charge is -2.10. The van der Waals surface area contributed by atoms with Crippen molar-refractivity contribution in [1.82, 2.24) is 0 Å². The highest BCUT2D eigenvalue weighted by molar-refractivity contribution is 9.10. The minimum atomic E-state index is -3.39. The molecule has 1 rings (SSSR count). The molecule has 90 valence electrons. The SMILES string of the molecule is CCc1cc(Br)ccc1NCCS(N)(=O)=O. The Hall–Kier alpha value is -0.590. The largest absolute Gasteiger partial charge is 0.384 e. The summed E-state index contributed by atoms with van der Waals surface area (Å²) in [4.78, 5) is 0. The number of rotatable bonds is 5. The van der Waals surface area contributed by atoms with E-state index in [1.54, 1.807) is 0 Å². The fourth-order valence-corrected chi connectivity index (χ4v) is 2.15. The zero-order valence-corrected chi connectivity index (χ0v) is 11.4. The van der Waals surface area contributed by atoms with Crippen LogP contribution in [-0.2, 0) is 16.4 Å². The van der Waals surface area contributed by atoms with Crippen LogP contribution in [-0.4, -0.2) is 20.7 Å². The van der Waals surface area contributed by atoms with Gasteiger partial charge in [0.1, 0.15) is 0 Å². The van der Waals surface area contributed by atoms with E-state index in [1.165, 1.54) is 0 Å². The number of hydrogen-bond donors (Lipinski definition) is 2. The van der Waals surface area contributed by atoms with Crippen molar-refractivity contribution >= 4 is 31.6 Å². The molecule has 0 spiro atoms. The molecule has 3 N–H and O–H groups in total. The van der Waals surface area contributed by atoms with Crippen molar-refractivity contribution in [3.8, 4) is 0 Å². The summed E-state index contributed by atoms with van der Waals surface area (Å²) < 4.78 is 22.5. The number of sulfonamides is 1. The second-order valence-corrected chi connectivity index (χ2v) is 6.10. The van der Waals surface area contributed by atoms with Crippen LogP contribution in [0.2, 0.25) is 0 Å². The molecule has 0 saturated carbocycles. The van der Waals surface area contributed by atoms with Gasteiger partial charge in [0.15, 0.2) is 0 Å². The normalized spacial score (nSPS) is 11.4. The zero-order chi connectivity index (χ0) is 12.2. The molecule has 0 amide bonds. The van der Waals surface area contributed by atoms with Gasteiger partial charge < -0.3 is 5.32 Å². The third-order valence-corrected chi connectivity index (χ3v) is 3.42. The molecule has 0 aromatic heterocycles. The zero-order valence-electron chi connectivity index (χ0n) is 9.03. The van der Waals surface area contributed by atoms with Crippen molar-refractivity contribution in [1.29, 1.82) is 0 Å². The van der Waals surface area contributed by atoms with Crippen LogP contribution < -0.4 is 10.5 Å². The maximum atomic E-state index is 10.8. The predicted molar refractivity (Wildman–Crippen MR) is 70.0 cm³/mol. The van der Waals surface area contributed by atoms with Gasteiger partial charge in [-0.1, -0.05) is 22.9 Å². The van der Waals surface area contributed by atoms with Crippen LogP contribution in [0.25, 0.3) is 0 Å². The molecule has 0 unspecified atom stereocenters. The summed E-state index contributed by atoms with van der Waals surface area (Å²) >= 11 is 3.39. The molecule has 16 heavy (non-hydrogen) atoms. The molecule has 0 saturated heterocycles. The van der Waals surface area contributed by atoms with Crippen molar-refractivity contribution in [2.75, 3.05) is 17.6 Å². The van der Waals surface area contributed by atoms with E-state index in [0.29, 0.717) is 6.54 Å². The lowest BCUT2D eigenvalue weighted by Crippen LogP contribution is -2.22. The lowest BCUT2D eigenvalue weighted by atomic mass is 10.1. The molecule has 0 aliphatic heterocycles. The summed E-state index contributed by atoms with van der Waals surface area (Å²) in [6.45, 7) is 2.38. The highest BCUT2D eigenvalue weighted by Gasteiger charge is 2.04. The van der Waals surface area contributed by atoms with E-state index in [9.17, 15) is 8.42 Å². The third-order valence-electron chi connectivity index (χ3n) is 2.15. The van der Waals surface area contributed by atoms with E-state index < -0.39 is 10.0 Å². The second kappa shape index (κ2) is 5.65. The van der Waals surface area contributed by atoms with Crippen LogP contribution in [0.4, 0.5) is 5.69 Å². The Bertz CT molecular complexity index is 460. The van der Waals surface area contributed by atoms with Crippen molar-refractivity contribution < 1.29 is 8.42 Å². The third kappa shape index (κ3) is 4.51. The monoisotopic (exact) mass is 306 g/mol. The fraction of sp³-hybridized carbons (Fsp3) is 0.400. The molecule has 1 aromatic rings. The molecule has 0 atom stereocenters. The summed E-state index contributed by atoms with van der Waals surface area (Å²) in [7, 11) is -3.39. The molecule has 0 fully saturated rings. The van der Waals surface area contributed by atoms with E-state index in [1.807, 2.05) is 25.1 Å². The van der Waals surface area contributed by atoms with Crippen molar-refractivity contribution in [3.05, 3.63) is 28.2 Å². The first kappa shape index (κ1) is 13.5. The molecule has 6 heteroatoms. The van der Waals surface area contributed by atoms with E-state index in [4.69, 9.17) is 5.14 Å². The number of nitrogens with two attached hydrogens (primary N) is 1. The topological polar surface area (TPSA) is 72.2 Å². The Balaban J connectivity index is 2.67. The Morgan fingerprint density at radius 2 is 2.12 bits per heavy atom. The van der Waals surface area contributed by atoms with Crippen LogP contribution in [0, 0.1) is 0 Å². The van der Waals surface area contributed by atoms with Gasteiger partial charge in [0.25, 0.3) is 0 Å². The molecular formula is C10H15BrN2O2S. The summed E-state index contributed by atoms with van der Waals surface area (Å²) in [5.74, 6) is -0.0633. The van der Waals surface area contributed by atoms with E-state index in [-0.39, 0.29) is 5.75 Å². The van der Waals surface area contributed by atoms with Gasteiger partial charge in [-0.3, -0.25) is 0 Å². The highest BCUT2D eigenvalue weighted by atomic mass is 79.9. The molecule has 4 nitrogen and oxygen atoms in total. The van der Waals surface area contributed by atoms with Gasteiger partial charge in [-0.15, -0.1) is 0 Å². The van der Waals surface area contributed by atoms with Gasteiger partial charge in [0.05, 0.1) is 5.75 Å². The molecule has 0 aliphatic carbocycles. The number of hydrogen-bond acceptors (Lipinski definition) is 3. The van der Waals surface area contributed by atoms with Crippen molar-refractivity contribution in [3.63, 3.8) is 0 Å². The van der Waals surface area contributed by atoms with Gasteiger partial charge in [0.2, 0.25) is 10.0 Å². The smallest absolute Gasteiger partial charge is 0.210 e. The molecule has 0 heterocycles. The summed E-state index contributed by atoms with van der Waals surface area (Å²) in [6.07, 6.45) is 0.886. The second-order valence-electron chi connectivity index (χ2n) is 3.45. The van der Waals surface area contributed by atoms with Crippen LogP contribution >= 0.6 is 15.9 Å². The Kier molecular flexibility index (Phi) is 4.76. The summed E-state index contributed by atoms with van der Waals surface area (Å²) in [5.41, 5.74) is 2.10. The molecule has 1 aromatic carbocycles. The van der Waals surface area contributed by atoms with Gasteiger partial charge in [-0.25, -0.2) is 13.6 Å². The number of primary sulfonamides is 1. The first-order valence-electron chi connectivity index (χ1n) is 4.95. The lowest BCUT2D eigenvalue weighted by molar-refractivity contribution is 0.598. The van der Waals surface area contributed by atoms with E-state index in [0.717, 1.165) is 22.1 Å². The van der Waals surface area contributed by atoms with Gasteiger partial charge in [0, 0.05) is 16.7 Å². The maximum Gasteiger partial charge on any atom is 0.210 e. The van der Waals surface area contributed by atoms with Gasteiger partial charge in [-0.2, -0.15) is 0 Å². The standard InChI is InChI=1S/C10H15BrN2O2S/c1-2-8-7-9(11)3-4-10(8)13-5-6-16(12,14)15/h3-4,7,13H,2,5-6H2,1H3,(H2,12,14,15). The van der Waals surface area contributed by atoms with Crippen LogP contribution in [0.3, 0.4) is 0 Å². The van der Waals surface area contributed by atoms with Crippen LogP contribution in [0.5, 0.6) is 0 Å². The van der Waals surface area contributed by atoms with Crippen LogP contribution in [0.15, 0.2) is 22.7 Å². The highest BCUT2D eigenvalue weighted by Crippen LogP contribution is 2.21. The molecular weight excluding hydrogens is 292 g/mol. The molecule has 0 aliphatic rings. The Labute approximate surface area is 104 Å². The van der Waals surface area contributed by atoms with Crippen LogP contribution in [0.1, 0.15) is 12.5 Å². The molecule has 0 bridgehead atoms. The Morgan fingerprint density at radius 1 is 1.44 bits per heavy atom. The summed E-state index contributed by atoms with van der Waals surface area (Å²) in [5, 5.41) is 7.99. The van der Waals surface area contributed by atoms with Crippen molar-refractivity contribution in [2.45, 2.75) is 13.3 Å². The first-order chi connectivity index (χ1) is 7.42. The first-order valence-corrected chi connectivity index (χ1v) is 7.46. The minimum absolute atomic E-state index is 0.0633. The number of halogens is 1. The quantitative estimate of drug-likeness (QED) is 0.870. The maximum absolute atomic E-state index is 10.8. The number of aryl methyl sites for hydroxylation is 1. The number of nitrogens with one attached hydrogen (secondary N) is 1. The number of benzene rings is 1. The van der Waals surface area contributed by atoms with E-state index in [2.05, 4.69) is 21.2 Å². The van der Waals surface area contributed by atoms with E-state index >= 15 is 0 Å². The Morgan fingerprint density at radius 3 is 2.69 bits per heavy atom.